The topological polar surface area (TPSA) is 56.7 Å². The summed E-state index contributed by atoms with van der Waals surface area (Å²) in [5, 5.41) is 0.583. The molecule has 4 nitrogen and oxygen atoms in total. The van der Waals surface area contributed by atoms with Gasteiger partial charge in [-0.25, -0.2) is 9.97 Å². The zero-order chi connectivity index (χ0) is 15.9. The molecule has 0 fully saturated rings. The molecule has 0 radical (unpaired) electrons. The summed E-state index contributed by atoms with van der Waals surface area (Å²) in [6, 6.07) is 10.1. The second kappa shape index (κ2) is 5.38. The Hall–Kier alpha value is -1.91. The minimum Gasteiger partial charge on any atom is -0.324 e. The van der Waals surface area contributed by atoms with Crippen LogP contribution in [0.5, 0.6) is 0 Å². The number of nitrogens with two attached hydrogens (primary N) is 1. The highest BCUT2D eigenvalue weighted by atomic mass is 35.5. The van der Waals surface area contributed by atoms with Gasteiger partial charge in [0.05, 0.1) is 5.02 Å². The number of aryl methyl sites for hydroxylation is 1. The molecule has 0 aliphatic carbocycles. The van der Waals surface area contributed by atoms with Crippen LogP contribution >= 0.6 is 11.6 Å². The molecule has 22 heavy (non-hydrogen) atoms. The van der Waals surface area contributed by atoms with Gasteiger partial charge in [0.25, 0.3) is 0 Å². The average molecular weight is 315 g/mol. The van der Waals surface area contributed by atoms with Crippen molar-refractivity contribution in [2.45, 2.75) is 32.9 Å². The van der Waals surface area contributed by atoms with Crippen molar-refractivity contribution in [2.24, 2.45) is 5.73 Å². The number of nitrogens with zero attached hydrogens (tertiary/aromatic N) is 3. The maximum absolute atomic E-state index is 6.22. The maximum atomic E-state index is 6.22. The van der Waals surface area contributed by atoms with Gasteiger partial charge < -0.3 is 10.3 Å². The molecule has 0 bridgehead atoms. The van der Waals surface area contributed by atoms with E-state index in [0.717, 1.165) is 22.6 Å². The van der Waals surface area contributed by atoms with Crippen LogP contribution in [0.25, 0.3) is 22.6 Å². The Morgan fingerprint density at radius 2 is 2.05 bits per heavy atom. The molecule has 0 unspecified atom stereocenters. The summed E-state index contributed by atoms with van der Waals surface area (Å²) < 4.78 is 2.07. The summed E-state index contributed by atoms with van der Waals surface area (Å²) in [6.45, 7) is 6.68. The fourth-order valence-electron chi connectivity index (χ4n) is 2.55. The van der Waals surface area contributed by atoms with Crippen molar-refractivity contribution in [3.05, 3.63) is 47.1 Å². The van der Waals surface area contributed by atoms with Crippen molar-refractivity contribution in [3.63, 3.8) is 0 Å². The van der Waals surface area contributed by atoms with Crippen LogP contribution in [0, 0.1) is 6.92 Å². The minimum absolute atomic E-state index is 0.368. The quantitative estimate of drug-likeness (QED) is 0.800. The van der Waals surface area contributed by atoms with Crippen molar-refractivity contribution < 1.29 is 0 Å². The number of hydrogen-bond donors (Lipinski definition) is 1. The SMILES string of the molecule is Cc1cccc(-c2nc3cc(Cl)cnc3n2CC(C)(C)N)c1. The van der Waals surface area contributed by atoms with E-state index in [1.54, 1.807) is 6.20 Å². The minimum atomic E-state index is -0.368. The molecule has 3 aromatic rings. The highest BCUT2D eigenvalue weighted by Crippen LogP contribution is 2.27. The molecule has 0 saturated heterocycles. The molecule has 2 N–H and O–H groups in total. The van der Waals surface area contributed by atoms with Gasteiger partial charge in [-0.3, -0.25) is 0 Å². The smallest absolute Gasteiger partial charge is 0.160 e. The van der Waals surface area contributed by atoms with E-state index in [1.807, 2.05) is 26.0 Å². The third-order valence-corrected chi connectivity index (χ3v) is 3.60. The normalized spacial score (nSPS) is 12.0. The fourth-order valence-corrected chi connectivity index (χ4v) is 2.70. The second-order valence-corrected chi connectivity index (χ2v) is 6.81. The summed E-state index contributed by atoms with van der Waals surface area (Å²) in [6.07, 6.45) is 1.64. The zero-order valence-corrected chi connectivity index (χ0v) is 13.7. The molecule has 0 spiro atoms. The van der Waals surface area contributed by atoms with Crippen molar-refractivity contribution in [2.75, 3.05) is 0 Å². The Balaban J connectivity index is 2.25. The van der Waals surface area contributed by atoms with Gasteiger partial charge in [0.1, 0.15) is 11.3 Å². The molecule has 2 aromatic heterocycles. The molecule has 0 aliphatic rings. The van der Waals surface area contributed by atoms with Gasteiger partial charge in [-0.1, -0.05) is 35.4 Å². The van der Waals surface area contributed by atoms with Gasteiger partial charge in [-0.2, -0.15) is 0 Å². The number of hydrogen-bond acceptors (Lipinski definition) is 3. The van der Waals surface area contributed by atoms with Gasteiger partial charge in [0, 0.05) is 23.8 Å². The predicted octanol–water partition coefficient (Wildman–Crippen LogP) is 3.80. The zero-order valence-electron chi connectivity index (χ0n) is 13.0. The lowest BCUT2D eigenvalue weighted by Crippen LogP contribution is -2.37. The molecule has 1 aromatic carbocycles. The molecule has 2 heterocycles. The van der Waals surface area contributed by atoms with Crippen LogP contribution in [0.15, 0.2) is 36.5 Å². The van der Waals surface area contributed by atoms with Crippen LogP contribution in [-0.2, 0) is 6.54 Å². The Morgan fingerprint density at radius 1 is 1.27 bits per heavy atom. The van der Waals surface area contributed by atoms with E-state index in [2.05, 4.69) is 34.7 Å². The van der Waals surface area contributed by atoms with E-state index in [0.29, 0.717) is 11.6 Å². The van der Waals surface area contributed by atoms with Crippen LogP contribution in [0.4, 0.5) is 0 Å². The van der Waals surface area contributed by atoms with Crippen molar-refractivity contribution in [3.8, 4) is 11.4 Å². The number of rotatable bonds is 3. The summed E-state index contributed by atoms with van der Waals surface area (Å²) >= 11 is 6.05. The predicted molar refractivity (Wildman–Crippen MR) is 91.0 cm³/mol. The number of benzene rings is 1. The van der Waals surface area contributed by atoms with Crippen LogP contribution in [0.3, 0.4) is 0 Å². The number of pyridine rings is 1. The van der Waals surface area contributed by atoms with E-state index in [9.17, 15) is 0 Å². The number of fused-ring (bicyclic) bond motifs is 1. The largest absolute Gasteiger partial charge is 0.324 e. The summed E-state index contributed by atoms with van der Waals surface area (Å²) in [4.78, 5) is 9.18. The molecule has 114 valence electrons. The average Bonchev–Trinajstić information content (AvgIpc) is 2.74. The Labute approximate surface area is 134 Å². The first-order chi connectivity index (χ1) is 10.3. The van der Waals surface area contributed by atoms with Crippen LogP contribution in [0.1, 0.15) is 19.4 Å². The van der Waals surface area contributed by atoms with E-state index >= 15 is 0 Å². The van der Waals surface area contributed by atoms with Crippen molar-refractivity contribution >= 4 is 22.8 Å². The first-order valence-electron chi connectivity index (χ1n) is 7.21. The van der Waals surface area contributed by atoms with Crippen LogP contribution in [-0.4, -0.2) is 20.1 Å². The summed E-state index contributed by atoms with van der Waals surface area (Å²) in [7, 11) is 0. The van der Waals surface area contributed by atoms with Gasteiger partial charge in [0.2, 0.25) is 0 Å². The first-order valence-corrected chi connectivity index (χ1v) is 7.59. The first kappa shape index (κ1) is 15.0. The lowest BCUT2D eigenvalue weighted by molar-refractivity contribution is 0.441. The fraction of sp³-hybridized carbons (Fsp3) is 0.294. The third-order valence-electron chi connectivity index (χ3n) is 3.39. The Morgan fingerprint density at radius 3 is 2.73 bits per heavy atom. The van der Waals surface area contributed by atoms with E-state index in [4.69, 9.17) is 22.3 Å². The summed E-state index contributed by atoms with van der Waals surface area (Å²) in [5.41, 5.74) is 9.69. The molecular weight excluding hydrogens is 296 g/mol. The maximum Gasteiger partial charge on any atom is 0.160 e. The molecule has 0 saturated carbocycles. The molecular formula is C17H19ClN4. The van der Waals surface area contributed by atoms with Crippen LogP contribution < -0.4 is 5.73 Å². The summed E-state index contributed by atoms with van der Waals surface area (Å²) in [5.74, 6) is 0.868. The van der Waals surface area contributed by atoms with Gasteiger partial charge in [-0.15, -0.1) is 0 Å². The molecule has 0 aliphatic heterocycles. The van der Waals surface area contributed by atoms with Crippen LogP contribution in [0.2, 0.25) is 5.02 Å². The molecule has 0 atom stereocenters. The lowest BCUT2D eigenvalue weighted by atomic mass is 10.1. The highest BCUT2D eigenvalue weighted by molar-refractivity contribution is 6.31. The highest BCUT2D eigenvalue weighted by Gasteiger charge is 2.20. The lowest BCUT2D eigenvalue weighted by Gasteiger charge is -2.21. The number of imidazole rings is 1. The van der Waals surface area contributed by atoms with E-state index < -0.39 is 0 Å². The molecule has 0 amide bonds. The van der Waals surface area contributed by atoms with Crippen molar-refractivity contribution in [1.82, 2.24) is 14.5 Å². The van der Waals surface area contributed by atoms with Gasteiger partial charge in [0.15, 0.2) is 5.65 Å². The molecule has 3 rings (SSSR count). The van der Waals surface area contributed by atoms with E-state index in [1.165, 1.54) is 5.56 Å². The molecule has 5 heteroatoms. The number of halogens is 1. The van der Waals surface area contributed by atoms with Gasteiger partial charge >= 0.3 is 0 Å². The standard InChI is InChI=1S/C17H19ClN4/c1-11-5-4-6-12(7-11)15-21-14-8-13(18)9-20-16(14)22(15)10-17(2,3)19/h4-9H,10,19H2,1-3H3. The Kier molecular flexibility index (Phi) is 3.67. The monoisotopic (exact) mass is 314 g/mol. The van der Waals surface area contributed by atoms with Gasteiger partial charge in [-0.05, 0) is 32.9 Å². The second-order valence-electron chi connectivity index (χ2n) is 6.38. The third kappa shape index (κ3) is 2.98. The Bertz CT molecular complexity index is 830. The van der Waals surface area contributed by atoms with Crippen molar-refractivity contribution in [1.29, 1.82) is 0 Å². The van der Waals surface area contributed by atoms with E-state index in [-0.39, 0.29) is 5.54 Å². The number of aromatic nitrogens is 3.